The lowest BCUT2D eigenvalue weighted by Gasteiger charge is -2.05. The Kier molecular flexibility index (Phi) is 5.93. The topological polar surface area (TPSA) is 78.4 Å². The summed E-state index contributed by atoms with van der Waals surface area (Å²) in [6, 6.07) is 1.61. The zero-order chi connectivity index (χ0) is 13.4. The second-order valence-corrected chi connectivity index (χ2v) is 4.58. The summed E-state index contributed by atoms with van der Waals surface area (Å²) in [5, 5.41) is 15.9. The average molecular weight is 268 g/mol. The van der Waals surface area contributed by atoms with Gasteiger partial charge in [-0.1, -0.05) is 6.92 Å². The van der Waals surface area contributed by atoms with Gasteiger partial charge in [0.05, 0.1) is 6.54 Å². The third-order valence-corrected chi connectivity index (χ3v) is 3.07. The Morgan fingerprint density at radius 1 is 1.44 bits per heavy atom. The molecule has 0 aliphatic rings. The van der Waals surface area contributed by atoms with E-state index >= 15 is 0 Å². The van der Waals surface area contributed by atoms with E-state index in [2.05, 4.69) is 10.6 Å². The largest absolute Gasteiger partial charge is 0.478 e. The van der Waals surface area contributed by atoms with Crippen LogP contribution < -0.4 is 10.6 Å². The molecule has 1 heterocycles. The number of carbonyl (C=O) groups excluding carboxylic acids is 1. The lowest BCUT2D eigenvalue weighted by Crippen LogP contribution is -2.35. The molecule has 0 atom stereocenters. The monoisotopic (exact) mass is 268 g/mol. The van der Waals surface area contributed by atoms with Crippen molar-refractivity contribution in [2.45, 2.75) is 19.9 Å². The first-order valence-corrected chi connectivity index (χ1v) is 6.50. The lowest BCUT2D eigenvalue weighted by atomic mass is 10.2. The molecule has 0 saturated heterocycles. The predicted molar refractivity (Wildman–Crippen MR) is 71.5 cm³/mol. The first kappa shape index (κ1) is 14.2. The summed E-state index contributed by atoms with van der Waals surface area (Å²) in [5.41, 5.74) is 0.818. The van der Waals surface area contributed by atoms with Crippen molar-refractivity contribution in [2.75, 3.05) is 6.54 Å². The van der Waals surface area contributed by atoms with Gasteiger partial charge in [-0.05, 0) is 29.5 Å². The normalized spacial score (nSPS) is 10.5. The van der Waals surface area contributed by atoms with Crippen molar-refractivity contribution < 1.29 is 14.7 Å². The summed E-state index contributed by atoms with van der Waals surface area (Å²) in [6.07, 6.45) is 3.50. The molecule has 0 bridgehead atoms. The molecule has 0 aliphatic carbocycles. The number of carbonyl (C=O) groups is 2. The van der Waals surface area contributed by atoms with Gasteiger partial charge in [0.25, 0.3) is 0 Å². The van der Waals surface area contributed by atoms with Crippen LogP contribution in [0.15, 0.2) is 17.5 Å². The summed E-state index contributed by atoms with van der Waals surface area (Å²) in [6.45, 7) is 3.02. The third-order valence-electron chi connectivity index (χ3n) is 2.13. The molecule has 1 rings (SSSR count). The molecule has 5 nitrogen and oxygen atoms in total. The number of nitrogens with one attached hydrogen (secondary N) is 2. The minimum absolute atomic E-state index is 0.210. The van der Waals surface area contributed by atoms with Gasteiger partial charge < -0.3 is 15.7 Å². The molecule has 0 unspecified atom stereocenters. The molecule has 1 aromatic rings. The molecule has 0 aliphatic heterocycles. The van der Waals surface area contributed by atoms with E-state index in [4.69, 9.17) is 5.11 Å². The molecule has 2 amide bonds. The standard InChI is InChI=1S/C12H16N2O3S/c1-2-6-13-12(17)14-8-10-9(5-7-18-10)3-4-11(15)16/h3-5,7H,2,6,8H2,1H3,(H,15,16)(H2,13,14,17). The fourth-order valence-corrected chi connectivity index (χ4v) is 2.07. The number of hydrogen-bond acceptors (Lipinski definition) is 3. The minimum atomic E-state index is -0.985. The van der Waals surface area contributed by atoms with E-state index in [1.165, 1.54) is 17.4 Å². The lowest BCUT2D eigenvalue weighted by molar-refractivity contribution is -0.131. The first-order valence-electron chi connectivity index (χ1n) is 5.62. The van der Waals surface area contributed by atoms with Crippen LogP contribution in [0.2, 0.25) is 0 Å². The van der Waals surface area contributed by atoms with E-state index in [1.54, 1.807) is 0 Å². The Bertz CT molecular complexity index is 440. The average Bonchev–Trinajstić information content (AvgIpc) is 2.78. The zero-order valence-corrected chi connectivity index (χ0v) is 10.9. The van der Waals surface area contributed by atoms with Crippen LogP contribution in [0.1, 0.15) is 23.8 Å². The molecule has 0 fully saturated rings. The molecular formula is C12H16N2O3S. The van der Waals surface area contributed by atoms with Gasteiger partial charge in [0, 0.05) is 17.5 Å². The van der Waals surface area contributed by atoms with Crippen LogP contribution in [0.4, 0.5) is 4.79 Å². The Hall–Kier alpha value is -1.82. The second kappa shape index (κ2) is 7.50. The van der Waals surface area contributed by atoms with Gasteiger partial charge in [-0.15, -0.1) is 11.3 Å². The van der Waals surface area contributed by atoms with E-state index < -0.39 is 5.97 Å². The molecule has 98 valence electrons. The Labute approximate surface area is 110 Å². The number of thiophene rings is 1. The smallest absolute Gasteiger partial charge is 0.328 e. The Balaban J connectivity index is 2.50. The van der Waals surface area contributed by atoms with Crippen LogP contribution in [-0.2, 0) is 11.3 Å². The molecule has 0 spiro atoms. The summed E-state index contributed by atoms with van der Waals surface area (Å²) in [4.78, 5) is 22.7. The number of rotatable bonds is 6. The molecule has 0 saturated carbocycles. The summed E-state index contributed by atoms with van der Waals surface area (Å²) in [5.74, 6) is -0.985. The van der Waals surface area contributed by atoms with E-state index in [-0.39, 0.29) is 6.03 Å². The number of amides is 2. The molecule has 6 heteroatoms. The molecule has 3 N–H and O–H groups in total. The van der Waals surface area contributed by atoms with Crippen molar-refractivity contribution in [2.24, 2.45) is 0 Å². The van der Waals surface area contributed by atoms with E-state index in [1.807, 2.05) is 18.4 Å². The maximum atomic E-state index is 11.3. The highest BCUT2D eigenvalue weighted by atomic mass is 32.1. The fourth-order valence-electron chi connectivity index (χ4n) is 1.27. The van der Waals surface area contributed by atoms with Crippen molar-refractivity contribution in [3.8, 4) is 0 Å². The van der Waals surface area contributed by atoms with E-state index in [0.717, 1.165) is 22.9 Å². The van der Waals surface area contributed by atoms with Crippen molar-refractivity contribution in [1.29, 1.82) is 0 Å². The maximum Gasteiger partial charge on any atom is 0.328 e. The Morgan fingerprint density at radius 3 is 2.89 bits per heavy atom. The fraction of sp³-hybridized carbons (Fsp3) is 0.333. The van der Waals surface area contributed by atoms with E-state index in [0.29, 0.717) is 13.1 Å². The van der Waals surface area contributed by atoms with Gasteiger partial charge >= 0.3 is 12.0 Å². The van der Waals surface area contributed by atoms with Gasteiger partial charge in [0.2, 0.25) is 0 Å². The van der Waals surface area contributed by atoms with Crippen molar-refractivity contribution in [1.82, 2.24) is 10.6 Å². The SMILES string of the molecule is CCCNC(=O)NCc1sccc1C=CC(=O)O. The van der Waals surface area contributed by atoms with Crippen molar-refractivity contribution in [3.63, 3.8) is 0 Å². The van der Waals surface area contributed by atoms with Crippen LogP contribution in [-0.4, -0.2) is 23.7 Å². The first-order chi connectivity index (χ1) is 8.63. The number of hydrogen-bond donors (Lipinski definition) is 3. The van der Waals surface area contributed by atoms with Crippen LogP contribution >= 0.6 is 11.3 Å². The highest BCUT2D eigenvalue weighted by molar-refractivity contribution is 7.10. The van der Waals surface area contributed by atoms with Crippen molar-refractivity contribution in [3.05, 3.63) is 28.0 Å². The zero-order valence-electron chi connectivity index (χ0n) is 10.1. The van der Waals surface area contributed by atoms with Gasteiger partial charge in [-0.25, -0.2) is 9.59 Å². The molecule has 0 radical (unpaired) electrons. The van der Waals surface area contributed by atoms with E-state index in [9.17, 15) is 9.59 Å². The molecule has 1 aromatic heterocycles. The highest BCUT2D eigenvalue weighted by Crippen LogP contribution is 2.17. The third kappa shape index (κ3) is 5.01. The van der Waals surface area contributed by atoms with Gasteiger partial charge in [-0.2, -0.15) is 0 Å². The summed E-state index contributed by atoms with van der Waals surface area (Å²) < 4.78 is 0. The Morgan fingerprint density at radius 2 is 2.22 bits per heavy atom. The number of carboxylic acid groups (broad SMARTS) is 1. The number of urea groups is 1. The maximum absolute atomic E-state index is 11.3. The van der Waals surface area contributed by atoms with Gasteiger partial charge in [0.15, 0.2) is 0 Å². The number of carboxylic acids is 1. The minimum Gasteiger partial charge on any atom is -0.478 e. The van der Waals surface area contributed by atoms with Crippen LogP contribution in [0.3, 0.4) is 0 Å². The van der Waals surface area contributed by atoms with Crippen LogP contribution in [0.25, 0.3) is 6.08 Å². The molecular weight excluding hydrogens is 252 g/mol. The van der Waals surface area contributed by atoms with Gasteiger partial charge in [-0.3, -0.25) is 0 Å². The molecule has 18 heavy (non-hydrogen) atoms. The second-order valence-electron chi connectivity index (χ2n) is 3.58. The summed E-state index contributed by atoms with van der Waals surface area (Å²) in [7, 11) is 0. The highest BCUT2D eigenvalue weighted by Gasteiger charge is 2.04. The number of aliphatic carboxylic acids is 1. The summed E-state index contributed by atoms with van der Waals surface area (Å²) >= 11 is 1.48. The van der Waals surface area contributed by atoms with Crippen LogP contribution in [0, 0.1) is 0 Å². The predicted octanol–water partition coefficient (Wildman–Crippen LogP) is 2.06. The quantitative estimate of drug-likeness (QED) is 0.691. The van der Waals surface area contributed by atoms with Gasteiger partial charge in [0.1, 0.15) is 0 Å². The van der Waals surface area contributed by atoms with Crippen LogP contribution in [0.5, 0.6) is 0 Å². The molecule has 0 aromatic carbocycles. The van der Waals surface area contributed by atoms with Crippen molar-refractivity contribution >= 4 is 29.4 Å².